The van der Waals surface area contributed by atoms with Crippen LogP contribution in [0.25, 0.3) is 0 Å². The summed E-state index contributed by atoms with van der Waals surface area (Å²) in [7, 11) is 0. The molecule has 2 N–H and O–H groups in total. The van der Waals surface area contributed by atoms with Gasteiger partial charge in [0.25, 0.3) is 0 Å². The first-order valence-electron chi connectivity index (χ1n) is 10.7. The Morgan fingerprint density at radius 2 is 2.03 bits per heavy atom. The number of hydrogen-bond donors (Lipinski definition) is 2. The standard InChI is InChI=1S/C20H30F3N5OS.HI/c1-2-24-19(25-10-8-17-27-16(13-30-17)20(21,22)23)26-15-9-11-28(12-15)18(29)14-6-4-3-5-7-14;/h13-15H,2-12H2,1H3,(H2,24,25,26);1H. The van der Waals surface area contributed by atoms with E-state index in [-0.39, 0.29) is 41.8 Å². The summed E-state index contributed by atoms with van der Waals surface area (Å²) in [6, 6.07) is 0.132. The van der Waals surface area contributed by atoms with Crippen LogP contribution in [0.3, 0.4) is 0 Å². The van der Waals surface area contributed by atoms with Gasteiger partial charge in [-0.15, -0.1) is 35.3 Å². The lowest BCUT2D eigenvalue weighted by atomic mass is 9.88. The van der Waals surface area contributed by atoms with Crippen molar-refractivity contribution in [3.05, 3.63) is 16.1 Å². The van der Waals surface area contributed by atoms with Crippen LogP contribution in [0.15, 0.2) is 10.4 Å². The smallest absolute Gasteiger partial charge is 0.357 e. The van der Waals surface area contributed by atoms with Crippen molar-refractivity contribution in [3.63, 3.8) is 0 Å². The van der Waals surface area contributed by atoms with E-state index in [4.69, 9.17) is 0 Å². The fourth-order valence-corrected chi connectivity index (χ4v) is 4.81. The highest BCUT2D eigenvalue weighted by Gasteiger charge is 2.34. The van der Waals surface area contributed by atoms with Crippen LogP contribution >= 0.6 is 35.3 Å². The molecule has 31 heavy (non-hydrogen) atoms. The first-order valence-corrected chi connectivity index (χ1v) is 11.6. The number of likely N-dealkylation sites (tertiary alicyclic amines) is 1. The number of aliphatic imine (C=N–C) groups is 1. The molecular weight excluding hydrogens is 542 g/mol. The third-order valence-electron chi connectivity index (χ3n) is 5.58. The molecule has 176 valence electrons. The minimum atomic E-state index is -4.40. The van der Waals surface area contributed by atoms with Crippen molar-refractivity contribution in [1.29, 1.82) is 0 Å². The van der Waals surface area contributed by atoms with E-state index < -0.39 is 11.9 Å². The monoisotopic (exact) mass is 573 g/mol. The molecule has 2 fully saturated rings. The van der Waals surface area contributed by atoms with Gasteiger partial charge in [0.1, 0.15) is 0 Å². The number of halogens is 4. The average molecular weight is 573 g/mol. The van der Waals surface area contributed by atoms with Crippen LogP contribution in [0.5, 0.6) is 0 Å². The van der Waals surface area contributed by atoms with Crippen molar-refractivity contribution >= 4 is 47.2 Å². The first kappa shape index (κ1) is 26.1. The average Bonchev–Trinajstić information content (AvgIpc) is 3.38. The Bertz CT molecular complexity index is 737. The number of thiazole rings is 1. The van der Waals surface area contributed by atoms with Gasteiger partial charge in [-0.1, -0.05) is 19.3 Å². The van der Waals surface area contributed by atoms with Gasteiger partial charge in [-0.2, -0.15) is 13.2 Å². The Balaban J connectivity index is 0.00000341. The molecule has 1 aromatic rings. The Hall–Kier alpha value is -1.11. The Morgan fingerprint density at radius 3 is 2.68 bits per heavy atom. The molecule has 1 amide bonds. The number of carbonyl (C=O) groups excluding carboxylic acids is 1. The number of alkyl halides is 3. The molecule has 11 heteroatoms. The molecule has 1 saturated heterocycles. The van der Waals surface area contributed by atoms with Gasteiger partial charge in [-0.25, -0.2) is 4.98 Å². The predicted octanol–water partition coefficient (Wildman–Crippen LogP) is 4.06. The van der Waals surface area contributed by atoms with Crippen molar-refractivity contribution in [2.45, 2.75) is 64.1 Å². The number of nitrogens with one attached hydrogen (secondary N) is 2. The van der Waals surface area contributed by atoms with E-state index in [0.29, 0.717) is 37.0 Å². The van der Waals surface area contributed by atoms with E-state index in [1.165, 1.54) is 6.42 Å². The lowest BCUT2D eigenvalue weighted by Gasteiger charge is -2.26. The first-order chi connectivity index (χ1) is 14.4. The van der Waals surface area contributed by atoms with E-state index in [2.05, 4.69) is 20.6 Å². The minimum Gasteiger partial charge on any atom is -0.357 e. The largest absolute Gasteiger partial charge is 0.434 e. The molecule has 1 aliphatic carbocycles. The lowest BCUT2D eigenvalue weighted by Crippen LogP contribution is -2.45. The van der Waals surface area contributed by atoms with E-state index in [1.54, 1.807) is 0 Å². The number of carbonyl (C=O) groups is 1. The number of aromatic nitrogens is 1. The summed E-state index contributed by atoms with van der Waals surface area (Å²) in [5.41, 5.74) is -0.842. The minimum absolute atomic E-state index is 0. The van der Waals surface area contributed by atoms with E-state index >= 15 is 0 Å². The van der Waals surface area contributed by atoms with Crippen LogP contribution in [0.4, 0.5) is 13.2 Å². The second kappa shape index (κ2) is 12.2. The van der Waals surface area contributed by atoms with Crippen molar-refractivity contribution in [1.82, 2.24) is 20.5 Å². The van der Waals surface area contributed by atoms with Crippen LogP contribution in [-0.4, -0.2) is 54.0 Å². The van der Waals surface area contributed by atoms with E-state index in [1.807, 2.05) is 11.8 Å². The predicted molar refractivity (Wildman–Crippen MR) is 127 cm³/mol. The highest BCUT2D eigenvalue weighted by Crippen LogP contribution is 2.30. The van der Waals surface area contributed by atoms with Gasteiger partial charge in [0.2, 0.25) is 5.91 Å². The topological polar surface area (TPSA) is 69.6 Å². The van der Waals surface area contributed by atoms with E-state index in [0.717, 1.165) is 55.4 Å². The molecule has 2 heterocycles. The summed E-state index contributed by atoms with van der Waals surface area (Å²) in [6.45, 7) is 4.41. The third kappa shape index (κ3) is 7.76. The van der Waals surface area contributed by atoms with Gasteiger partial charge in [0.15, 0.2) is 11.7 Å². The summed E-state index contributed by atoms with van der Waals surface area (Å²) in [5.74, 6) is 1.09. The SMILES string of the molecule is CCNC(=NCCc1nc(C(F)(F)F)cs1)NC1CCN(C(=O)C2CCCCC2)C1.I. The summed E-state index contributed by atoms with van der Waals surface area (Å²) < 4.78 is 38.0. The molecule has 1 unspecified atom stereocenters. The maximum absolute atomic E-state index is 12.7. The van der Waals surface area contributed by atoms with Gasteiger partial charge >= 0.3 is 6.18 Å². The lowest BCUT2D eigenvalue weighted by molar-refractivity contribution is -0.140. The van der Waals surface area contributed by atoms with Gasteiger partial charge in [0, 0.05) is 49.9 Å². The molecule has 3 rings (SSSR count). The van der Waals surface area contributed by atoms with Crippen molar-refractivity contribution < 1.29 is 18.0 Å². The van der Waals surface area contributed by atoms with Crippen LogP contribution in [0, 0.1) is 5.92 Å². The highest BCUT2D eigenvalue weighted by atomic mass is 127. The molecular formula is C20H31F3IN5OS. The number of nitrogens with zero attached hydrogens (tertiary/aromatic N) is 3. The molecule has 1 aromatic heterocycles. The quantitative estimate of drug-likeness (QED) is 0.306. The van der Waals surface area contributed by atoms with Crippen LogP contribution in [0.2, 0.25) is 0 Å². The van der Waals surface area contributed by atoms with Gasteiger partial charge < -0.3 is 15.5 Å². The zero-order valence-corrected chi connectivity index (χ0v) is 20.9. The van der Waals surface area contributed by atoms with Crippen LogP contribution < -0.4 is 10.6 Å². The Labute approximate surface area is 202 Å². The maximum atomic E-state index is 12.7. The van der Waals surface area contributed by atoms with Crippen molar-refractivity contribution in [3.8, 4) is 0 Å². The second-order valence-corrected chi connectivity index (χ2v) is 8.83. The maximum Gasteiger partial charge on any atom is 0.434 e. The molecule has 0 spiro atoms. The molecule has 1 saturated carbocycles. The molecule has 1 aliphatic heterocycles. The fourth-order valence-electron chi connectivity index (χ4n) is 4.02. The molecule has 2 aliphatic rings. The van der Waals surface area contributed by atoms with Gasteiger partial charge in [-0.3, -0.25) is 9.79 Å². The highest BCUT2D eigenvalue weighted by molar-refractivity contribution is 14.0. The number of rotatable bonds is 6. The third-order valence-corrected chi connectivity index (χ3v) is 6.49. The summed E-state index contributed by atoms with van der Waals surface area (Å²) in [6.07, 6.45) is 2.35. The second-order valence-electron chi connectivity index (χ2n) is 7.88. The summed E-state index contributed by atoms with van der Waals surface area (Å²) in [5, 5.41) is 8.00. The van der Waals surface area contributed by atoms with Crippen LogP contribution in [0.1, 0.15) is 56.2 Å². The molecule has 6 nitrogen and oxygen atoms in total. The summed E-state index contributed by atoms with van der Waals surface area (Å²) in [4.78, 5) is 22.8. The normalized spacial score (nSPS) is 20.5. The molecule has 0 bridgehead atoms. The van der Waals surface area contributed by atoms with Crippen LogP contribution in [-0.2, 0) is 17.4 Å². The van der Waals surface area contributed by atoms with Gasteiger partial charge in [-0.05, 0) is 26.2 Å². The van der Waals surface area contributed by atoms with E-state index in [9.17, 15) is 18.0 Å². The molecule has 1 atom stereocenters. The Morgan fingerprint density at radius 1 is 1.29 bits per heavy atom. The molecule has 0 radical (unpaired) electrons. The van der Waals surface area contributed by atoms with Crippen molar-refractivity contribution in [2.75, 3.05) is 26.2 Å². The van der Waals surface area contributed by atoms with Gasteiger partial charge in [0.05, 0.1) is 5.01 Å². The zero-order valence-electron chi connectivity index (χ0n) is 17.7. The molecule has 0 aromatic carbocycles. The summed E-state index contributed by atoms with van der Waals surface area (Å²) >= 11 is 1.01. The zero-order chi connectivity index (χ0) is 21.6. The number of guanidine groups is 1. The number of hydrogen-bond acceptors (Lipinski definition) is 4. The van der Waals surface area contributed by atoms with Crippen molar-refractivity contribution in [2.24, 2.45) is 10.9 Å². The number of amides is 1. The Kier molecular flexibility index (Phi) is 10.3. The fraction of sp³-hybridized carbons (Fsp3) is 0.750.